The second kappa shape index (κ2) is 6.49. The number of rotatable bonds is 3. The van der Waals surface area contributed by atoms with Crippen LogP contribution in [0.3, 0.4) is 0 Å². The maximum absolute atomic E-state index is 12.2. The van der Waals surface area contributed by atoms with Crippen LogP contribution in [0.1, 0.15) is 15.9 Å². The third kappa shape index (κ3) is 3.09. The lowest BCUT2D eigenvalue weighted by Crippen LogP contribution is -2.19. The fourth-order valence-corrected chi connectivity index (χ4v) is 3.35. The number of nitrogens with one attached hydrogen (secondary N) is 2. The molecule has 1 aliphatic heterocycles. The molecule has 0 spiro atoms. The number of amides is 1. The molecule has 1 amide bonds. The molecule has 1 saturated heterocycles. The lowest BCUT2D eigenvalue weighted by molar-refractivity contribution is -0.115. The number of carboxylic acid groups (broad SMARTS) is 1. The molecule has 0 bridgehead atoms. The maximum atomic E-state index is 12.2. The van der Waals surface area contributed by atoms with E-state index in [1.807, 2.05) is 12.1 Å². The van der Waals surface area contributed by atoms with Crippen LogP contribution in [0.25, 0.3) is 17.1 Å². The van der Waals surface area contributed by atoms with Crippen molar-refractivity contribution >= 4 is 51.6 Å². The first-order valence-electron chi connectivity index (χ1n) is 7.65. The third-order valence-electron chi connectivity index (χ3n) is 3.77. The minimum atomic E-state index is -0.994. The van der Waals surface area contributed by atoms with Gasteiger partial charge in [0.1, 0.15) is 5.65 Å². The molecule has 0 radical (unpaired) electrons. The van der Waals surface area contributed by atoms with E-state index in [0.29, 0.717) is 15.8 Å². The molecule has 1 fully saturated rings. The monoisotopic (exact) mass is 364 g/mol. The summed E-state index contributed by atoms with van der Waals surface area (Å²) in [6.07, 6.45) is 5.29. The number of aliphatic imine (C=N–C) groups is 1. The van der Waals surface area contributed by atoms with Crippen LogP contribution in [-0.2, 0) is 4.79 Å². The average Bonchev–Trinajstić information content (AvgIpc) is 3.20. The van der Waals surface area contributed by atoms with Crippen LogP contribution < -0.4 is 5.32 Å². The van der Waals surface area contributed by atoms with Crippen LogP contribution in [0.2, 0.25) is 0 Å². The molecule has 2 aromatic heterocycles. The summed E-state index contributed by atoms with van der Waals surface area (Å²) in [7, 11) is 0. The number of aromatic nitrogens is 2. The fraction of sp³-hybridized carbons (Fsp3) is 0. The van der Waals surface area contributed by atoms with Gasteiger partial charge in [-0.1, -0.05) is 0 Å². The number of nitrogens with zero attached hydrogens (tertiary/aromatic N) is 2. The van der Waals surface area contributed by atoms with Gasteiger partial charge in [0.25, 0.3) is 5.91 Å². The Hall–Kier alpha value is -3.39. The van der Waals surface area contributed by atoms with Crippen LogP contribution in [0.4, 0.5) is 5.69 Å². The highest BCUT2D eigenvalue weighted by molar-refractivity contribution is 8.18. The van der Waals surface area contributed by atoms with Crippen molar-refractivity contribution in [3.8, 4) is 0 Å². The van der Waals surface area contributed by atoms with Crippen molar-refractivity contribution in [3.63, 3.8) is 0 Å². The van der Waals surface area contributed by atoms with E-state index in [-0.39, 0.29) is 11.5 Å². The smallest absolute Gasteiger partial charge is 0.335 e. The van der Waals surface area contributed by atoms with E-state index in [1.165, 1.54) is 23.9 Å². The molecule has 0 saturated carbocycles. The molecule has 7 nitrogen and oxygen atoms in total. The highest BCUT2D eigenvalue weighted by atomic mass is 32.2. The summed E-state index contributed by atoms with van der Waals surface area (Å²) >= 11 is 1.23. The van der Waals surface area contributed by atoms with Crippen molar-refractivity contribution < 1.29 is 14.7 Å². The molecule has 8 heteroatoms. The molecule has 1 aliphatic rings. The Labute approximate surface area is 151 Å². The first kappa shape index (κ1) is 16.1. The zero-order chi connectivity index (χ0) is 18.1. The zero-order valence-electron chi connectivity index (χ0n) is 13.3. The van der Waals surface area contributed by atoms with Crippen LogP contribution in [0.15, 0.2) is 58.7 Å². The van der Waals surface area contributed by atoms with Gasteiger partial charge < -0.3 is 15.4 Å². The molecule has 4 rings (SSSR count). The van der Waals surface area contributed by atoms with Crippen molar-refractivity contribution in [3.05, 3.63) is 64.8 Å². The Kier molecular flexibility index (Phi) is 4.02. The van der Waals surface area contributed by atoms with Gasteiger partial charge >= 0.3 is 5.97 Å². The first-order chi connectivity index (χ1) is 12.6. The van der Waals surface area contributed by atoms with E-state index in [0.717, 1.165) is 16.6 Å². The minimum Gasteiger partial charge on any atom is -0.478 e. The Morgan fingerprint density at radius 1 is 1.23 bits per heavy atom. The van der Waals surface area contributed by atoms with E-state index in [4.69, 9.17) is 5.11 Å². The lowest BCUT2D eigenvalue weighted by Gasteiger charge is -1.97. The molecule has 0 aliphatic carbocycles. The van der Waals surface area contributed by atoms with Crippen molar-refractivity contribution in [1.82, 2.24) is 15.3 Å². The first-order valence-corrected chi connectivity index (χ1v) is 8.47. The van der Waals surface area contributed by atoms with Gasteiger partial charge in [0.2, 0.25) is 0 Å². The van der Waals surface area contributed by atoms with Gasteiger partial charge in [-0.3, -0.25) is 4.79 Å². The molecule has 26 heavy (non-hydrogen) atoms. The standard InChI is InChI=1S/C18H12N4O3S/c23-16-14(8-11-9-20-15-13(11)2-1-7-19-15)26-18(22-16)21-12-5-3-10(4-6-12)17(24)25/h1-9H,(H,19,20)(H,24,25)(H,21,22,23)/b14-8-. The van der Waals surface area contributed by atoms with Crippen molar-refractivity contribution in [1.29, 1.82) is 0 Å². The number of carbonyl (C=O) groups is 2. The molecule has 0 unspecified atom stereocenters. The summed E-state index contributed by atoms with van der Waals surface area (Å²) in [5, 5.41) is 13.0. The highest BCUT2D eigenvalue weighted by Gasteiger charge is 2.24. The number of H-pyrrole nitrogens is 1. The second-order valence-electron chi connectivity index (χ2n) is 5.48. The Morgan fingerprint density at radius 3 is 2.81 bits per heavy atom. The van der Waals surface area contributed by atoms with Crippen LogP contribution in [-0.4, -0.2) is 32.1 Å². The number of aromatic carboxylic acids is 1. The third-order valence-corrected chi connectivity index (χ3v) is 4.68. The van der Waals surface area contributed by atoms with Crippen molar-refractivity contribution in [2.75, 3.05) is 0 Å². The number of fused-ring (bicyclic) bond motifs is 1. The average molecular weight is 364 g/mol. The number of carbonyl (C=O) groups excluding carboxylic acids is 1. The summed E-state index contributed by atoms with van der Waals surface area (Å²) in [5.41, 5.74) is 2.38. The Bertz CT molecular complexity index is 1080. The summed E-state index contributed by atoms with van der Waals surface area (Å²) in [6.45, 7) is 0. The van der Waals surface area contributed by atoms with Gasteiger partial charge in [0.05, 0.1) is 16.2 Å². The Morgan fingerprint density at radius 2 is 2.04 bits per heavy atom. The summed E-state index contributed by atoms with van der Waals surface area (Å²) < 4.78 is 0. The topological polar surface area (TPSA) is 107 Å². The van der Waals surface area contributed by atoms with Crippen molar-refractivity contribution in [2.45, 2.75) is 0 Å². The predicted octanol–water partition coefficient (Wildman–Crippen LogP) is 3.15. The number of hydrogen-bond donors (Lipinski definition) is 3. The quantitative estimate of drug-likeness (QED) is 0.619. The normalized spacial score (nSPS) is 17.2. The lowest BCUT2D eigenvalue weighted by atomic mass is 10.2. The van der Waals surface area contributed by atoms with E-state index in [1.54, 1.807) is 30.6 Å². The zero-order valence-corrected chi connectivity index (χ0v) is 14.1. The molecule has 1 aromatic carbocycles. The highest BCUT2D eigenvalue weighted by Crippen LogP contribution is 2.29. The Balaban J connectivity index is 1.59. The summed E-state index contributed by atoms with van der Waals surface area (Å²) in [6, 6.07) is 9.90. The van der Waals surface area contributed by atoms with Gasteiger partial charge in [-0.2, -0.15) is 0 Å². The molecular weight excluding hydrogens is 352 g/mol. The largest absolute Gasteiger partial charge is 0.478 e. The SMILES string of the molecule is O=C1N/C(=N/c2ccc(C(=O)O)cc2)S/C1=C\c1c[nH]c2ncccc12. The number of aromatic amines is 1. The number of amidine groups is 1. The molecule has 0 atom stereocenters. The minimum absolute atomic E-state index is 0.186. The van der Waals surface area contributed by atoms with Crippen LogP contribution in [0, 0.1) is 0 Å². The molecule has 128 valence electrons. The number of pyridine rings is 1. The molecule has 3 heterocycles. The second-order valence-corrected chi connectivity index (χ2v) is 6.51. The van der Waals surface area contributed by atoms with Crippen LogP contribution >= 0.6 is 11.8 Å². The van der Waals surface area contributed by atoms with E-state index >= 15 is 0 Å². The number of thioether (sulfide) groups is 1. The maximum Gasteiger partial charge on any atom is 0.335 e. The summed E-state index contributed by atoms with van der Waals surface area (Å²) in [5.74, 6) is -1.22. The van der Waals surface area contributed by atoms with Gasteiger partial charge in [-0.15, -0.1) is 0 Å². The van der Waals surface area contributed by atoms with Gasteiger partial charge in [-0.25, -0.2) is 14.8 Å². The number of hydrogen-bond acceptors (Lipinski definition) is 5. The van der Waals surface area contributed by atoms with E-state index < -0.39 is 5.97 Å². The van der Waals surface area contributed by atoms with Gasteiger partial charge in [0.15, 0.2) is 5.17 Å². The molecule has 3 aromatic rings. The summed E-state index contributed by atoms with van der Waals surface area (Å²) in [4.78, 5) is 35.2. The number of carboxylic acids is 1. The van der Waals surface area contributed by atoms with Crippen molar-refractivity contribution in [2.24, 2.45) is 4.99 Å². The number of benzene rings is 1. The predicted molar refractivity (Wildman–Crippen MR) is 100 cm³/mol. The van der Waals surface area contributed by atoms with Gasteiger partial charge in [0, 0.05) is 23.3 Å². The fourth-order valence-electron chi connectivity index (χ4n) is 2.51. The van der Waals surface area contributed by atoms with E-state index in [2.05, 4.69) is 20.3 Å². The molecule has 3 N–H and O–H groups in total. The van der Waals surface area contributed by atoms with Gasteiger partial charge in [-0.05, 0) is 54.2 Å². The molecular formula is C18H12N4O3S. The van der Waals surface area contributed by atoms with Crippen LogP contribution in [0.5, 0.6) is 0 Å². The van der Waals surface area contributed by atoms with E-state index in [9.17, 15) is 9.59 Å².